The van der Waals surface area contributed by atoms with Crippen LogP contribution in [0.4, 0.5) is 4.39 Å². The molecule has 0 amide bonds. The van der Waals surface area contributed by atoms with Gasteiger partial charge in [-0.1, -0.05) is 6.92 Å². The molecule has 0 bridgehead atoms. The molecule has 0 saturated carbocycles. The fraction of sp³-hybridized carbons (Fsp3) is 0.250. The number of Topliss-reactive ketones (excluding diaryl/α,β-unsaturated/α-hetero) is 1. The van der Waals surface area contributed by atoms with Gasteiger partial charge in [0, 0.05) is 23.6 Å². The van der Waals surface area contributed by atoms with Crippen molar-refractivity contribution in [1.29, 1.82) is 0 Å². The van der Waals surface area contributed by atoms with Gasteiger partial charge in [0.15, 0.2) is 5.78 Å². The van der Waals surface area contributed by atoms with Crippen molar-refractivity contribution in [3.05, 3.63) is 53.2 Å². The van der Waals surface area contributed by atoms with Gasteiger partial charge < -0.3 is 4.57 Å². The smallest absolute Gasteiger partial charge is 0.180 e. The molecule has 1 aromatic carbocycles. The van der Waals surface area contributed by atoms with Crippen LogP contribution in [0.25, 0.3) is 10.1 Å². The Morgan fingerprint density at radius 2 is 2.24 bits per heavy atom. The van der Waals surface area contributed by atoms with Crippen molar-refractivity contribution >= 4 is 27.2 Å². The quantitative estimate of drug-likeness (QED) is 0.666. The maximum Gasteiger partial charge on any atom is 0.180 e. The van der Waals surface area contributed by atoms with Crippen LogP contribution in [0, 0.1) is 5.82 Å². The van der Waals surface area contributed by atoms with Crippen LogP contribution in [0.1, 0.15) is 28.8 Å². The monoisotopic (exact) mass is 302 g/mol. The highest BCUT2D eigenvalue weighted by Crippen LogP contribution is 2.27. The summed E-state index contributed by atoms with van der Waals surface area (Å²) in [5.74, 6) is 0.531. The maximum atomic E-state index is 13.2. The van der Waals surface area contributed by atoms with E-state index in [-0.39, 0.29) is 18.0 Å². The van der Waals surface area contributed by atoms with Gasteiger partial charge in [0.25, 0.3) is 0 Å². The molecule has 0 aliphatic heterocycles. The lowest BCUT2D eigenvalue weighted by Gasteiger charge is -2.04. The number of imidazole rings is 1. The van der Waals surface area contributed by atoms with Gasteiger partial charge in [-0.15, -0.1) is 11.3 Å². The van der Waals surface area contributed by atoms with E-state index in [1.165, 1.54) is 23.5 Å². The molecule has 0 radical (unpaired) electrons. The molecule has 5 heteroatoms. The second-order valence-electron chi connectivity index (χ2n) is 4.93. The number of halogens is 1. The minimum atomic E-state index is -0.280. The first-order chi connectivity index (χ1) is 10.2. The molecule has 3 rings (SSSR count). The molecular weight excluding hydrogens is 287 g/mol. The lowest BCUT2D eigenvalue weighted by atomic mass is 10.2. The zero-order chi connectivity index (χ0) is 14.8. The van der Waals surface area contributed by atoms with Crippen LogP contribution in [0.2, 0.25) is 0 Å². The number of thiophene rings is 1. The van der Waals surface area contributed by atoms with Gasteiger partial charge in [-0.3, -0.25) is 4.79 Å². The largest absolute Gasteiger partial charge is 0.335 e. The highest BCUT2D eigenvalue weighted by Gasteiger charge is 2.14. The van der Waals surface area contributed by atoms with Crippen molar-refractivity contribution in [2.75, 3.05) is 0 Å². The molecule has 2 heterocycles. The molecular formula is C16H15FN2OS. The Morgan fingerprint density at radius 1 is 1.38 bits per heavy atom. The Morgan fingerprint density at radius 3 is 3.05 bits per heavy atom. The topological polar surface area (TPSA) is 34.9 Å². The van der Waals surface area contributed by atoms with E-state index in [0.717, 1.165) is 28.9 Å². The van der Waals surface area contributed by atoms with Crippen molar-refractivity contribution in [2.24, 2.45) is 0 Å². The Labute approximate surface area is 126 Å². The summed E-state index contributed by atoms with van der Waals surface area (Å²) in [6.07, 6.45) is 4.90. The maximum absolute atomic E-state index is 13.2. The van der Waals surface area contributed by atoms with Crippen LogP contribution in [0.15, 0.2) is 36.7 Å². The summed E-state index contributed by atoms with van der Waals surface area (Å²) in [6.45, 7) is 2.95. The van der Waals surface area contributed by atoms with E-state index in [2.05, 4.69) is 11.9 Å². The van der Waals surface area contributed by atoms with Crippen LogP contribution < -0.4 is 0 Å². The Kier molecular flexibility index (Phi) is 3.84. The van der Waals surface area contributed by atoms with Crippen LogP contribution in [0.5, 0.6) is 0 Å². The average molecular weight is 302 g/mol. The van der Waals surface area contributed by atoms with Gasteiger partial charge in [0.05, 0.1) is 11.3 Å². The first kappa shape index (κ1) is 13.9. The van der Waals surface area contributed by atoms with E-state index in [9.17, 15) is 9.18 Å². The Balaban J connectivity index is 1.84. The minimum Gasteiger partial charge on any atom is -0.335 e. The number of carbonyl (C=O) groups excluding carboxylic acids is 1. The van der Waals surface area contributed by atoms with Crippen molar-refractivity contribution in [3.63, 3.8) is 0 Å². The summed E-state index contributed by atoms with van der Waals surface area (Å²) in [5.41, 5.74) is 0. The summed E-state index contributed by atoms with van der Waals surface area (Å²) in [4.78, 5) is 17.3. The van der Waals surface area contributed by atoms with Crippen LogP contribution in [-0.2, 0) is 13.0 Å². The van der Waals surface area contributed by atoms with Crippen LogP contribution >= 0.6 is 11.3 Å². The molecule has 108 valence electrons. The summed E-state index contributed by atoms with van der Waals surface area (Å²) < 4.78 is 16.1. The molecule has 2 aromatic heterocycles. The first-order valence-corrected chi connectivity index (χ1v) is 7.71. The molecule has 0 atom stereocenters. The molecule has 0 saturated heterocycles. The zero-order valence-corrected chi connectivity index (χ0v) is 12.5. The number of rotatable bonds is 5. The number of hydrogen-bond donors (Lipinski definition) is 0. The van der Waals surface area contributed by atoms with E-state index >= 15 is 0 Å². The average Bonchev–Trinajstić information content (AvgIpc) is 3.06. The highest BCUT2D eigenvalue weighted by atomic mass is 32.1. The number of carbonyl (C=O) groups is 1. The summed E-state index contributed by atoms with van der Waals surface area (Å²) in [6, 6.07) is 6.35. The molecule has 0 fully saturated rings. The number of fused-ring (bicyclic) bond motifs is 1. The van der Waals surface area contributed by atoms with Gasteiger partial charge in [0.2, 0.25) is 0 Å². The van der Waals surface area contributed by atoms with Gasteiger partial charge in [-0.25, -0.2) is 9.37 Å². The van der Waals surface area contributed by atoms with Gasteiger partial charge in [0.1, 0.15) is 11.6 Å². The summed E-state index contributed by atoms with van der Waals surface area (Å²) >= 11 is 1.40. The first-order valence-electron chi connectivity index (χ1n) is 6.89. The fourth-order valence-electron chi connectivity index (χ4n) is 2.33. The second-order valence-corrected chi connectivity index (χ2v) is 6.01. The zero-order valence-electron chi connectivity index (χ0n) is 11.7. The number of aryl methyl sites for hydroxylation is 1. The normalized spacial score (nSPS) is 11.1. The lowest BCUT2D eigenvalue weighted by molar-refractivity contribution is 0.0993. The number of ketones is 1. The van der Waals surface area contributed by atoms with Crippen molar-refractivity contribution in [3.8, 4) is 0 Å². The van der Waals surface area contributed by atoms with E-state index in [1.807, 2.05) is 10.8 Å². The van der Waals surface area contributed by atoms with E-state index in [1.54, 1.807) is 18.3 Å². The number of aromatic nitrogens is 2. The Hall–Kier alpha value is -2.01. The predicted octanol–water partition coefficient (Wildman–Crippen LogP) is 4.07. The van der Waals surface area contributed by atoms with Gasteiger partial charge in [-0.05, 0) is 36.1 Å². The van der Waals surface area contributed by atoms with E-state index < -0.39 is 0 Å². The van der Waals surface area contributed by atoms with Crippen molar-refractivity contribution in [2.45, 2.75) is 26.3 Å². The molecule has 0 aliphatic carbocycles. The third kappa shape index (κ3) is 2.88. The van der Waals surface area contributed by atoms with Gasteiger partial charge >= 0.3 is 0 Å². The number of nitrogens with zero attached hydrogens (tertiary/aromatic N) is 2. The minimum absolute atomic E-state index is 0.0279. The van der Waals surface area contributed by atoms with E-state index in [4.69, 9.17) is 0 Å². The molecule has 3 aromatic rings. The third-order valence-corrected chi connectivity index (χ3v) is 4.50. The molecule has 3 nitrogen and oxygen atoms in total. The molecule has 0 unspecified atom stereocenters. The molecule has 0 N–H and O–H groups in total. The molecule has 0 aliphatic rings. The summed E-state index contributed by atoms with van der Waals surface area (Å²) in [5, 5.41) is 0.778. The standard InChI is InChI=1S/C16H15FN2OS/c1-2-6-19-7-5-18-16(19)10-13(20)15-9-11-8-12(17)3-4-14(11)21-15/h3-5,7-9H,2,6,10H2,1H3. The van der Waals surface area contributed by atoms with Crippen LogP contribution in [-0.4, -0.2) is 15.3 Å². The van der Waals surface area contributed by atoms with Gasteiger partial charge in [-0.2, -0.15) is 0 Å². The third-order valence-electron chi connectivity index (χ3n) is 3.34. The lowest BCUT2D eigenvalue weighted by Crippen LogP contribution is -2.09. The number of benzene rings is 1. The molecule has 0 spiro atoms. The second kappa shape index (κ2) is 5.77. The fourth-order valence-corrected chi connectivity index (χ4v) is 3.31. The number of hydrogen-bond acceptors (Lipinski definition) is 3. The van der Waals surface area contributed by atoms with Crippen LogP contribution in [0.3, 0.4) is 0 Å². The molecule has 21 heavy (non-hydrogen) atoms. The van der Waals surface area contributed by atoms with Crippen molar-refractivity contribution < 1.29 is 9.18 Å². The predicted molar refractivity (Wildman–Crippen MR) is 82.3 cm³/mol. The SMILES string of the molecule is CCCn1ccnc1CC(=O)c1cc2cc(F)ccc2s1. The summed E-state index contributed by atoms with van der Waals surface area (Å²) in [7, 11) is 0. The highest BCUT2D eigenvalue weighted by molar-refractivity contribution is 7.20. The van der Waals surface area contributed by atoms with E-state index in [0.29, 0.717) is 4.88 Å². The Bertz CT molecular complexity index is 791. The van der Waals surface area contributed by atoms with Crippen molar-refractivity contribution in [1.82, 2.24) is 9.55 Å².